The first-order valence-corrected chi connectivity index (χ1v) is 8.10. The first kappa shape index (κ1) is 15.7. The summed E-state index contributed by atoms with van der Waals surface area (Å²) >= 11 is 12.4. The summed E-state index contributed by atoms with van der Waals surface area (Å²) in [4.78, 5) is 16.1. The highest BCUT2D eigenvalue weighted by molar-refractivity contribution is 7.80. The average Bonchev–Trinajstić information content (AvgIpc) is 3.13. The third kappa shape index (κ3) is 4.16. The Hall–Kier alpha value is -2.22. The fraction of sp³-hybridized carbons (Fsp3) is 0. The van der Waals surface area contributed by atoms with Crippen LogP contribution < -0.4 is 10.6 Å². The number of nitrogens with one attached hydrogen (secondary N) is 2. The molecule has 0 saturated carbocycles. The van der Waals surface area contributed by atoms with E-state index in [1.807, 2.05) is 12.1 Å². The third-order valence-corrected chi connectivity index (χ3v) is 4.12. The Labute approximate surface area is 146 Å². The molecule has 0 radical (unpaired) electrons. The van der Waals surface area contributed by atoms with Crippen molar-refractivity contribution < 1.29 is 9.21 Å². The number of hydrogen-bond acceptors (Lipinski definition) is 5. The zero-order valence-electron chi connectivity index (χ0n) is 11.6. The van der Waals surface area contributed by atoms with Crippen molar-refractivity contribution in [3.8, 4) is 0 Å². The lowest BCUT2D eigenvalue weighted by Crippen LogP contribution is -2.32. The first-order valence-electron chi connectivity index (χ1n) is 6.50. The van der Waals surface area contributed by atoms with Crippen LogP contribution in [0.2, 0.25) is 5.02 Å². The summed E-state index contributed by atoms with van der Waals surface area (Å²) < 4.78 is 6.03. The molecule has 3 aromatic rings. The van der Waals surface area contributed by atoms with Crippen LogP contribution in [0.1, 0.15) is 5.76 Å². The number of fused-ring (bicyclic) bond motifs is 1. The van der Waals surface area contributed by atoms with Gasteiger partial charge in [0.2, 0.25) is 5.91 Å². The lowest BCUT2D eigenvalue weighted by atomic mass is 10.3. The maximum atomic E-state index is 11.8. The summed E-state index contributed by atoms with van der Waals surface area (Å²) in [6.07, 6.45) is 4.42. The smallest absolute Gasteiger partial charge is 0.250 e. The van der Waals surface area contributed by atoms with Gasteiger partial charge < -0.3 is 9.73 Å². The fourth-order valence-corrected chi connectivity index (χ4v) is 3.19. The third-order valence-electron chi connectivity index (χ3n) is 2.75. The number of hydrogen-bond donors (Lipinski definition) is 2. The van der Waals surface area contributed by atoms with Crippen molar-refractivity contribution in [2.24, 2.45) is 0 Å². The molecule has 2 aromatic heterocycles. The molecule has 2 N–H and O–H groups in total. The molecule has 0 atom stereocenters. The van der Waals surface area contributed by atoms with E-state index in [4.69, 9.17) is 28.2 Å². The predicted molar refractivity (Wildman–Crippen MR) is 96.7 cm³/mol. The van der Waals surface area contributed by atoms with Crippen LogP contribution in [0.5, 0.6) is 0 Å². The van der Waals surface area contributed by atoms with E-state index in [2.05, 4.69) is 15.6 Å². The highest BCUT2D eigenvalue weighted by Crippen LogP contribution is 2.28. The number of thiocarbonyl (C=S) groups is 1. The Morgan fingerprint density at radius 3 is 3.04 bits per heavy atom. The quantitative estimate of drug-likeness (QED) is 0.542. The molecule has 5 nitrogen and oxygen atoms in total. The topological polar surface area (TPSA) is 67.2 Å². The van der Waals surface area contributed by atoms with Gasteiger partial charge in [-0.15, -0.1) is 0 Å². The molecule has 0 bridgehead atoms. The first-order chi connectivity index (χ1) is 11.1. The van der Waals surface area contributed by atoms with E-state index in [0.29, 0.717) is 15.9 Å². The summed E-state index contributed by atoms with van der Waals surface area (Å²) in [5.41, 5.74) is 0.814. The highest BCUT2D eigenvalue weighted by Gasteiger charge is 2.07. The maximum absolute atomic E-state index is 11.8. The van der Waals surface area contributed by atoms with Crippen LogP contribution in [-0.2, 0) is 4.79 Å². The normalized spacial score (nSPS) is 11.0. The predicted octanol–water partition coefficient (Wildman–Crippen LogP) is 4.07. The van der Waals surface area contributed by atoms with Gasteiger partial charge in [0.15, 0.2) is 10.2 Å². The van der Waals surface area contributed by atoms with Crippen LogP contribution >= 0.6 is 35.2 Å². The van der Waals surface area contributed by atoms with Crippen molar-refractivity contribution >= 4 is 67.6 Å². The van der Waals surface area contributed by atoms with Gasteiger partial charge in [-0.3, -0.25) is 10.1 Å². The molecule has 0 aliphatic rings. The molecule has 0 fully saturated rings. The molecule has 8 heteroatoms. The molecule has 0 spiro atoms. The van der Waals surface area contributed by atoms with Crippen molar-refractivity contribution in [2.75, 3.05) is 5.32 Å². The van der Waals surface area contributed by atoms with Crippen molar-refractivity contribution in [3.63, 3.8) is 0 Å². The van der Waals surface area contributed by atoms with Gasteiger partial charge in [0.1, 0.15) is 5.76 Å². The molecule has 0 aliphatic heterocycles. The number of anilines is 1. The van der Waals surface area contributed by atoms with Gasteiger partial charge in [0.25, 0.3) is 0 Å². The van der Waals surface area contributed by atoms with Crippen molar-refractivity contribution in [2.45, 2.75) is 0 Å². The number of amides is 1. The van der Waals surface area contributed by atoms with Crippen LogP contribution in [0.3, 0.4) is 0 Å². The monoisotopic (exact) mass is 363 g/mol. The zero-order chi connectivity index (χ0) is 16.2. The molecule has 0 aliphatic carbocycles. The van der Waals surface area contributed by atoms with E-state index >= 15 is 0 Å². The fourth-order valence-electron chi connectivity index (χ4n) is 1.78. The number of carbonyl (C=O) groups is 1. The number of halogens is 1. The van der Waals surface area contributed by atoms with Crippen LogP contribution in [0, 0.1) is 0 Å². The minimum Gasteiger partial charge on any atom is -0.465 e. The van der Waals surface area contributed by atoms with Gasteiger partial charge in [-0.25, -0.2) is 4.98 Å². The summed E-state index contributed by atoms with van der Waals surface area (Å²) in [5.74, 6) is 0.227. The zero-order valence-corrected chi connectivity index (χ0v) is 14.0. The lowest BCUT2D eigenvalue weighted by Gasteiger charge is -2.04. The summed E-state index contributed by atoms with van der Waals surface area (Å²) in [5, 5.41) is 6.82. The SMILES string of the molecule is O=C(C=Cc1ccco1)NC(=S)Nc1nc2ccc(Cl)cc2s1. The van der Waals surface area contributed by atoms with E-state index in [0.717, 1.165) is 10.2 Å². The van der Waals surface area contributed by atoms with E-state index in [1.54, 1.807) is 24.3 Å². The second-order valence-corrected chi connectivity index (χ2v) is 6.30. The van der Waals surface area contributed by atoms with E-state index in [1.165, 1.54) is 23.7 Å². The maximum Gasteiger partial charge on any atom is 0.250 e. The van der Waals surface area contributed by atoms with E-state index in [-0.39, 0.29) is 11.0 Å². The van der Waals surface area contributed by atoms with E-state index < -0.39 is 0 Å². The van der Waals surface area contributed by atoms with Gasteiger partial charge in [-0.1, -0.05) is 22.9 Å². The van der Waals surface area contributed by atoms with Gasteiger partial charge in [-0.2, -0.15) is 0 Å². The minimum atomic E-state index is -0.358. The summed E-state index contributed by atoms with van der Waals surface area (Å²) in [6, 6.07) is 8.91. The molecule has 0 unspecified atom stereocenters. The number of thiazole rings is 1. The Balaban J connectivity index is 1.60. The second kappa shape index (κ2) is 6.91. The van der Waals surface area contributed by atoms with Crippen LogP contribution in [-0.4, -0.2) is 16.0 Å². The largest absolute Gasteiger partial charge is 0.465 e. The molecule has 23 heavy (non-hydrogen) atoms. The second-order valence-electron chi connectivity index (χ2n) is 4.42. The number of furan rings is 1. The van der Waals surface area contributed by atoms with Gasteiger partial charge in [0, 0.05) is 11.1 Å². The lowest BCUT2D eigenvalue weighted by molar-refractivity contribution is -0.115. The Morgan fingerprint density at radius 1 is 1.39 bits per heavy atom. The van der Waals surface area contributed by atoms with Crippen LogP contribution in [0.15, 0.2) is 47.1 Å². The highest BCUT2D eigenvalue weighted by atomic mass is 35.5. The van der Waals surface area contributed by atoms with Crippen LogP contribution in [0.4, 0.5) is 5.13 Å². The standard InChI is InChI=1S/C15H10ClN3O2S2/c16-9-3-5-11-12(8-9)23-15(17-11)19-14(22)18-13(20)6-4-10-2-1-7-21-10/h1-8H,(H2,17,18,19,20,22). The average molecular weight is 364 g/mol. The number of aromatic nitrogens is 1. The van der Waals surface area contributed by atoms with Crippen molar-refractivity contribution in [1.29, 1.82) is 0 Å². The summed E-state index contributed by atoms with van der Waals surface area (Å²) in [6.45, 7) is 0. The number of carbonyl (C=O) groups excluding carboxylic acids is 1. The van der Waals surface area contributed by atoms with E-state index in [9.17, 15) is 4.79 Å². The molecular weight excluding hydrogens is 354 g/mol. The van der Waals surface area contributed by atoms with Gasteiger partial charge in [0.05, 0.1) is 16.5 Å². The van der Waals surface area contributed by atoms with Crippen molar-refractivity contribution in [3.05, 3.63) is 53.5 Å². The van der Waals surface area contributed by atoms with Crippen molar-refractivity contribution in [1.82, 2.24) is 10.3 Å². The minimum absolute atomic E-state index is 0.171. The number of benzene rings is 1. The molecule has 2 heterocycles. The Bertz CT molecular complexity index is 887. The Morgan fingerprint density at radius 2 is 2.26 bits per heavy atom. The Kier molecular flexibility index (Phi) is 4.71. The molecule has 116 valence electrons. The molecular formula is C15H10ClN3O2S2. The summed E-state index contributed by atoms with van der Waals surface area (Å²) in [7, 11) is 0. The molecule has 1 amide bonds. The number of nitrogens with zero attached hydrogens (tertiary/aromatic N) is 1. The van der Waals surface area contributed by atoms with Gasteiger partial charge >= 0.3 is 0 Å². The molecule has 1 aromatic carbocycles. The van der Waals surface area contributed by atoms with Crippen LogP contribution in [0.25, 0.3) is 16.3 Å². The number of rotatable bonds is 3. The van der Waals surface area contributed by atoms with Gasteiger partial charge in [-0.05, 0) is 48.6 Å². The molecule has 3 rings (SSSR count). The molecule has 0 saturated heterocycles.